The summed E-state index contributed by atoms with van der Waals surface area (Å²) >= 11 is 0. The van der Waals surface area contributed by atoms with Gasteiger partial charge in [0.1, 0.15) is 5.69 Å². The summed E-state index contributed by atoms with van der Waals surface area (Å²) in [5.41, 5.74) is 2.48. The molecule has 2 N–H and O–H groups in total. The summed E-state index contributed by atoms with van der Waals surface area (Å²) < 4.78 is 0. The van der Waals surface area contributed by atoms with E-state index in [4.69, 9.17) is 0 Å². The third kappa shape index (κ3) is 2.79. The van der Waals surface area contributed by atoms with Crippen LogP contribution in [0, 0.1) is 5.41 Å². The Kier molecular flexibility index (Phi) is 3.59. The topological polar surface area (TPSA) is 78.1 Å². The number of likely N-dealkylation sites (tertiary alicyclic amines) is 1. The van der Waals surface area contributed by atoms with E-state index in [0.717, 1.165) is 18.5 Å². The Hall–Kier alpha value is -2.63. The first-order valence-electron chi connectivity index (χ1n) is 8.28. The second-order valence-electron chi connectivity index (χ2n) is 6.87. The van der Waals surface area contributed by atoms with Crippen LogP contribution in [-0.2, 0) is 11.2 Å². The smallest absolute Gasteiger partial charge is 0.274 e. The number of aromatic amines is 1. The number of H-pyrrole nitrogens is 1. The molecule has 1 aromatic heterocycles. The highest BCUT2D eigenvalue weighted by Gasteiger charge is 2.45. The van der Waals surface area contributed by atoms with Crippen LogP contribution in [0.4, 0.5) is 0 Å². The van der Waals surface area contributed by atoms with Crippen molar-refractivity contribution >= 4 is 11.8 Å². The van der Waals surface area contributed by atoms with Gasteiger partial charge in [0.15, 0.2) is 0 Å². The van der Waals surface area contributed by atoms with Gasteiger partial charge in [-0.15, -0.1) is 0 Å². The molecular formula is C18H20N4O2. The maximum Gasteiger partial charge on any atom is 0.274 e. The van der Waals surface area contributed by atoms with Crippen LogP contribution in [0.1, 0.15) is 34.6 Å². The molecule has 3 heterocycles. The van der Waals surface area contributed by atoms with Gasteiger partial charge < -0.3 is 10.2 Å². The van der Waals surface area contributed by atoms with Gasteiger partial charge in [0, 0.05) is 43.6 Å². The van der Waals surface area contributed by atoms with Crippen LogP contribution >= 0.6 is 0 Å². The quantitative estimate of drug-likeness (QED) is 0.895. The lowest BCUT2D eigenvalue weighted by molar-refractivity contribution is -0.119. The van der Waals surface area contributed by atoms with Crippen molar-refractivity contribution < 1.29 is 9.59 Å². The van der Waals surface area contributed by atoms with Crippen molar-refractivity contribution in [2.75, 3.05) is 19.6 Å². The standard InChI is InChI=1S/C18H20N4O2/c23-16-10-18(11-19-16)6-7-22(12-18)17(24)15-9-14(20-21-15)8-13-4-2-1-3-5-13/h1-5,9H,6-8,10-12H2,(H,19,23)(H,20,21). The number of hydrogen-bond acceptors (Lipinski definition) is 3. The number of hydrogen-bond donors (Lipinski definition) is 2. The largest absolute Gasteiger partial charge is 0.355 e. The molecule has 2 aliphatic heterocycles. The van der Waals surface area contributed by atoms with Gasteiger partial charge in [-0.1, -0.05) is 30.3 Å². The Morgan fingerprint density at radius 1 is 1.29 bits per heavy atom. The van der Waals surface area contributed by atoms with Gasteiger partial charge in [-0.25, -0.2) is 0 Å². The van der Waals surface area contributed by atoms with Gasteiger partial charge in [0.2, 0.25) is 5.91 Å². The zero-order valence-electron chi connectivity index (χ0n) is 13.4. The number of rotatable bonds is 3. The summed E-state index contributed by atoms with van der Waals surface area (Å²) in [6.07, 6.45) is 2.12. The molecule has 2 aromatic rings. The maximum atomic E-state index is 12.7. The van der Waals surface area contributed by atoms with Gasteiger partial charge in [-0.2, -0.15) is 5.10 Å². The number of amides is 2. The Balaban J connectivity index is 1.43. The first-order chi connectivity index (χ1) is 11.6. The van der Waals surface area contributed by atoms with E-state index in [9.17, 15) is 9.59 Å². The van der Waals surface area contributed by atoms with Gasteiger partial charge >= 0.3 is 0 Å². The molecule has 1 spiro atoms. The Morgan fingerprint density at radius 3 is 2.88 bits per heavy atom. The van der Waals surface area contributed by atoms with Crippen molar-refractivity contribution in [3.63, 3.8) is 0 Å². The minimum atomic E-state index is -0.0735. The molecule has 1 unspecified atom stereocenters. The van der Waals surface area contributed by atoms with E-state index in [0.29, 0.717) is 31.7 Å². The van der Waals surface area contributed by atoms with Crippen molar-refractivity contribution in [2.24, 2.45) is 5.41 Å². The molecule has 2 amide bonds. The first kappa shape index (κ1) is 14.9. The van der Waals surface area contributed by atoms with E-state index in [2.05, 4.69) is 27.6 Å². The number of aromatic nitrogens is 2. The number of nitrogens with one attached hydrogen (secondary N) is 2. The van der Waals surface area contributed by atoms with Crippen molar-refractivity contribution in [2.45, 2.75) is 19.3 Å². The fourth-order valence-electron chi connectivity index (χ4n) is 3.69. The summed E-state index contributed by atoms with van der Waals surface area (Å²) in [6.45, 7) is 2.00. The minimum Gasteiger partial charge on any atom is -0.355 e. The lowest BCUT2D eigenvalue weighted by Crippen LogP contribution is -2.33. The molecule has 0 saturated carbocycles. The van der Waals surface area contributed by atoms with E-state index < -0.39 is 0 Å². The molecule has 2 saturated heterocycles. The molecule has 2 fully saturated rings. The highest BCUT2D eigenvalue weighted by atomic mass is 16.2. The van der Waals surface area contributed by atoms with Gasteiger partial charge in [-0.3, -0.25) is 14.7 Å². The summed E-state index contributed by atoms with van der Waals surface area (Å²) in [6, 6.07) is 11.9. The van der Waals surface area contributed by atoms with E-state index in [1.807, 2.05) is 29.2 Å². The molecule has 0 bridgehead atoms. The van der Waals surface area contributed by atoms with E-state index in [1.54, 1.807) is 0 Å². The van der Waals surface area contributed by atoms with Crippen LogP contribution in [0.5, 0.6) is 0 Å². The predicted molar refractivity (Wildman–Crippen MR) is 88.4 cm³/mol. The fraction of sp³-hybridized carbons (Fsp3) is 0.389. The Bertz CT molecular complexity index is 770. The molecule has 0 aliphatic carbocycles. The zero-order chi connectivity index (χ0) is 16.6. The SMILES string of the molecule is O=C1CC2(CCN(C(=O)c3cc(Cc4ccccc4)[nH]n3)C2)CN1. The molecule has 6 nitrogen and oxygen atoms in total. The van der Waals surface area contributed by atoms with Gasteiger partial charge in [0.05, 0.1) is 0 Å². The predicted octanol–water partition coefficient (Wildman–Crippen LogP) is 1.35. The van der Waals surface area contributed by atoms with Crippen molar-refractivity contribution in [1.29, 1.82) is 0 Å². The summed E-state index contributed by atoms with van der Waals surface area (Å²) in [7, 11) is 0. The second-order valence-corrected chi connectivity index (χ2v) is 6.87. The third-order valence-electron chi connectivity index (χ3n) is 5.01. The number of benzene rings is 1. The van der Waals surface area contributed by atoms with Crippen molar-refractivity contribution in [1.82, 2.24) is 20.4 Å². The minimum absolute atomic E-state index is 0.0539. The highest BCUT2D eigenvalue weighted by Crippen LogP contribution is 2.36. The lowest BCUT2D eigenvalue weighted by Gasteiger charge is -2.21. The van der Waals surface area contributed by atoms with Crippen molar-refractivity contribution in [3.8, 4) is 0 Å². The first-order valence-corrected chi connectivity index (χ1v) is 8.28. The summed E-state index contributed by atoms with van der Waals surface area (Å²) in [5, 5.41) is 10.0. The fourth-order valence-corrected chi connectivity index (χ4v) is 3.69. The van der Waals surface area contributed by atoms with E-state index in [-0.39, 0.29) is 17.2 Å². The van der Waals surface area contributed by atoms with Crippen LogP contribution in [0.15, 0.2) is 36.4 Å². The molecule has 2 aliphatic rings. The number of nitrogens with zero attached hydrogens (tertiary/aromatic N) is 2. The average molecular weight is 324 g/mol. The van der Waals surface area contributed by atoms with Crippen LogP contribution in [0.25, 0.3) is 0 Å². The monoisotopic (exact) mass is 324 g/mol. The molecule has 4 rings (SSSR count). The number of carbonyl (C=O) groups is 2. The highest BCUT2D eigenvalue weighted by molar-refractivity contribution is 5.92. The normalized spacial score (nSPS) is 23.0. The Morgan fingerprint density at radius 2 is 2.12 bits per heavy atom. The molecule has 0 radical (unpaired) electrons. The summed E-state index contributed by atoms with van der Waals surface area (Å²) in [4.78, 5) is 26.0. The molecule has 6 heteroatoms. The lowest BCUT2D eigenvalue weighted by atomic mass is 9.86. The molecule has 24 heavy (non-hydrogen) atoms. The second kappa shape index (κ2) is 5.78. The number of carbonyl (C=O) groups excluding carboxylic acids is 2. The van der Waals surface area contributed by atoms with Gasteiger partial charge in [-0.05, 0) is 18.1 Å². The Labute approximate surface area is 140 Å². The van der Waals surface area contributed by atoms with Crippen LogP contribution in [0.2, 0.25) is 0 Å². The molecule has 1 aromatic carbocycles. The van der Waals surface area contributed by atoms with Gasteiger partial charge in [0.25, 0.3) is 5.91 Å². The maximum absolute atomic E-state index is 12.7. The van der Waals surface area contributed by atoms with Crippen LogP contribution in [0.3, 0.4) is 0 Å². The van der Waals surface area contributed by atoms with E-state index in [1.165, 1.54) is 5.56 Å². The van der Waals surface area contributed by atoms with Crippen LogP contribution in [-0.4, -0.2) is 46.5 Å². The van der Waals surface area contributed by atoms with Crippen molar-refractivity contribution in [3.05, 3.63) is 53.3 Å². The summed E-state index contributed by atoms with van der Waals surface area (Å²) in [5.74, 6) is 0.0380. The molecular weight excluding hydrogens is 304 g/mol. The zero-order valence-corrected chi connectivity index (χ0v) is 13.4. The van der Waals surface area contributed by atoms with E-state index >= 15 is 0 Å². The third-order valence-corrected chi connectivity index (χ3v) is 5.01. The molecule has 124 valence electrons. The molecule has 1 atom stereocenters. The average Bonchev–Trinajstić information content (AvgIpc) is 3.30. The van der Waals surface area contributed by atoms with Crippen LogP contribution < -0.4 is 5.32 Å².